The van der Waals surface area contributed by atoms with Crippen LogP contribution in [0.4, 0.5) is 5.69 Å². The molecule has 30 heavy (non-hydrogen) atoms. The molecule has 1 amide bonds. The van der Waals surface area contributed by atoms with E-state index in [-0.39, 0.29) is 18.0 Å². The number of nitrogens with zero attached hydrogens (tertiary/aromatic N) is 1. The van der Waals surface area contributed by atoms with Crippen molar-refractivity contribution in [3.05, 3.63) is 102 Å². The Balaban J connectivity index is 1.69. The Labute approximate surface area is 179 Å². The Bertz CT molecular complexity index is 905. The van der Waals surface area contributed by atoms with Crippen LogP contribution in [-0.2, 0) is 11.3 Å². The van der Waals surface area contributed by atoms with Crippen LogP contribution in [0.15, 0.2) is 91.0 Å². The fourth-order valence-corrected chi connectivity index (χ4v) is 4.37. The van der Waals surface area contributed by atoms with Crippen LogP contribution in [0.1, 0.15) is 49.3 Å². The third kappa shape index (κ3) is 5.10. The van der Waals surface area contributed by atoms with Gasteiger partial charge in [0.2, 0.25) is 5.91 Å². The van der Waals surface area contributed by atoms with E-state index in [9.17, 15) is 4.79 Å². The number of hydrogen-bond acceptors (Lipinski definition) is 2. The summed E-state index contributed by atoms with van der Waals surface area (Å²) in [6.07, 6.45) is 5.84. The van der Waals surface area contributed by atoms with Crippen LogP contribution in [0.25, 0.3) is 0 Å². The Kier molecular flexibility index (Phi) is 6.81. The van der Waals surface area contributed by atoms with Gasteiger partial charge in [0.15, 0.2) is 0 Å². The normalized spacial score (nSPS) is 15.3. The lowest BCUT2D eigenvalue weighted by molar-refractivity contribution is -0.123. The second-order valence-electron chi connectivity index (χ2n) is 8.11. The highest BCUT2D eigenvalue weighted by Crippen LogP contribution is 2.30. The third-order valence-corrected chi connectivity index (χ3v) is 5.91. The molecule has 4 rings (SSSR count). The molecule has 3 heteroatoms. The summed E-state index contributed by atoms with van der Waals surface area (Å²) in [5.74, 6) is 0.0906. The predicted octanol–water partition coefficient (Wildman–Crippen LogP) is 5.88. The largest absolute Gasteiger partial charge is 0.352 e. The van der Waals surface area contributed by atoms with E-state index >= 15 is 0 Å². The molecule has 0 unspecified atom stereocenters. The summed E-state index contributed by atoms with van der Waals surface area (Å²) in [6, 6.07) is 30.7. The van der Waals surface area contributed by atoms with Crippen LogP contribution in [0.5, 0.6) is 0 Å². The van der Waals surface area contributed by atoms with Crippen molar-refractivity contribution >= 4 is 11.6 Å². The van der Waals surface area contributed by atoms with E-state index in [0.29, 0.717) is 6.54 Å². The van der Waals surface area contributed by atoms with Crippen molar-refractivity contribution in [1.29, 1.82) is 0 Å². The Morgan fingerprint density at radius 1 is 0.800 bits per heavy atom. The standard InChI is InChI=1S/C27H30N2O/c30-27(28-24-17-9-3-10-18-24)26(23-15-7-2-8-16-23)29(25-19-11-4-12-20-25)21-22-13-5-1-6-14-22/h1-2,4-8,11-16,19-20,24,26H,3,9-10,17-18,21H2,(H,28,30)/t26-/m0/s1. The molecule has 1 aliphatic rings. The molecule has 3 aromatic rings. The molecule has 1 saturated carbocycles. The number of nitrogens with one attached hydrogen (secondary N) is 1. The molecule has 0 aromatic heterocycles. The van der Waals surface area contributed by atoms with Crippen LogP contribution in [0.3, 0.4) is 0 Å². The van der Waals surface area contributed by atoms with Gasteiger partial charge >= 0.3 is 0 Å². The van der Waals surface area contributed by atoms with Gasteiger partial charge in [-0.15, -0.1) is 0 Å². The number of hydrogen-bond donors (Lipinski definition) is 1. The number of amides is 1. The fourth-order valence-electron chi connectivity index (χ4n) is 4.37. The van der Waals surface area contributed by atoms with Crippen molar-refractivity contribution in [2.24, 2.45) is 0 Å². The highest BCUT2D eigenvalue weighted by atomic mass is 16.2. The Morgan fingerprint density at radius 2 is 1.37 bits per heavy atom. The number of carbonyl (C=O) groups excluding carboxylic acids is 1. The van der Waals surface area contributed by atoms with Crippen molar-refractivity contribution in [3.63, 3.8) is 0 Å². The lowest BCUT2D eigenvalue weighted by Gasteiger charge is -2.35. The van der Waals surface area contributed by atoms with Crippen molar-refractivity contribution in [2.75, 3.05) is 4.90 Å². The highest BCUT2D eigenvalue weighted by Gasteiger charge is 2.30. The van der Waals surface area contributed by atoms with E-state index in [1.807, 2.05) is 42.5 Å². The van der Waals surface area contributed by atoms with E-state index in [4.69, 9.17) is 0 Å². The molecule has 0 spiro atoms. The maximum Gasteiger partial charge on any atom is 0.247 e. The molecule has 0 saturated heterocycles. The number of para-hydroxylation sites is 1. The Morgan fingerprint density at radius 3 is 2.00 bits per heavy atom. The van der Waals surface area contributed by atoms with Gasteiger partial charge in [0, 0.05) is 18.3 Å². The summed E-state index contributed by atoms with van der Waals surface area (Å²) in [6.45, 7) is 0.669. The van der Waals surface area contributed by atoms with Crippen LogP contribution in [0, 0.1) is 0 Å². The molecule has 1 fully saturated rings. The number of rotatable bonds is 7. The molecule has 0 bridgehead atoms. The van der Waals surface area contributed by atoms with Crippen LogP contribution < -0.4 is 10.2 Å². The average Bonchev–Trinajstić information content (AvgIpc) is 2.81. The molecule has 0 aliphatic heterocycles. The van der Waals surface area contributed by atoms with Gasteiger partial charge in [-0.1, -0.05) is 98.1 Å². The van der Waals surface area contributed by atoms with E-state index in [1.54, 1.807) is 0 Å². The topological polar surface area (TPSA) is 32.3 Å². The zero-order valence-electron chi connectivity index (χ0n) is 17.4. The van der Waals surface area contributed by atoms with E-state index in [2.05, 4.69) is 58.7 Å². The minimum absolute atomic E-state index is 0.0906. The zero-order chi connectivity index (χ0) is 20.6. The summed E-state index contributed by atoms with van der Waals surface area (Å²) >= 11 is 0. The smallest absolute Gasteiger partial charge is 0.247 e. The maximum absolute atomic E-state index is 13.7. The first-order valence-electron chi connectivity index (χ1n) is 11.0. The molecule has 1 aliphatic carbocycles. The van der Waals surface area contributed by atoms with Gasteiger partial charge in [-0.25, -0.2) is 0 Å². The maximum atomic E-state index is 13.7. The minimum Gasteiger partial charge on any atom is -0.352 e. The molecular weight excluding hydrogens is 368 g/mol. The van der Waals surface area contributed by atoms with Crippen molar-refractivity contribution in [1.82, 2.24) is 5.32 Å². The second kappa shape index (κ2) is 10.1. The average molecular weight is 399 g/mol. The van der Waals surface area contributed by atoms with Crippen LogP contribution >= 0.6 is 0 Å². The monoisotopic (exact) mass is 398 g/mol. The van der Waals surface area contributed by atoms with E-state index in [0.717, 1.165) is 24.1 Å². The van der Waals surface area contributed by atoms with Gasteiger partial charge in [0.1, 0.15) is 6.04 Å². The number of benzene rings is 3. The van der Waals surface area contributed by atoms with Gasteiger partial charge < -0.3 is 10.2 Å². The zero-order valence-corrected chi connectivity index (χ0v) is 17.4. The highest BCUT2D eigenvalue weighted by molar-refractivity contribution is 5.87. The summed E-state index contributed by atoms with van der Waals surface area (Å²) in [5.41, 5.74) is 3.26. The molecule has 1 N–H and O–H groups in total. The van der Waals surface area contributed by atoms with E-state index < -0.39 is 0 Å². The fraction of sp³-hybridized carbons (Fsp3) is 0.296. The summed E-state index contributed by atoms with van der Waals surface area (Å²) in [4.78, 5) is 15.9. The molecule has 3 aromatic carbocycles. The van der Waals surface area contributed by atoms with Gasteiger partial charge in [0.25, 0.3) is 0 Å². The lowest BCUT2D eigenvalue weighted by Crippen LogP contribution is -2.45. The van der Waals surface area contributed by atoms with Gasteiger partial charge in [-0.3, -0.25) is 4.79 Å². The summed E-state index contributed by atoms with van der Waals surface area (Å²) < 4.78 is 0. The number of anilines is 1. The number of carbonyl (C=O) groups is 1. The molecular formula is C27H30N2O. The first kappa shape index (κ1) is 20.2. The first-order chi connectivity index (χ1) is 14.8. The lowest BCUT2D eigenvalue weighted by atomic mass is 9.94. The summed E-state index contributed by atoms with van der Waals surface area (Å²) in [5, 5.41) is 3.37. The van der Waals surface area contributed by atoms with Crippen molar-refractivity contribution in [3.8, 4) is 0 Å². The van der Waals surface area contributed by atoms with Crippen LogP contribution in [0.2, 0.25) is 0 Å². The van der Waals surface area contributed by atoms with E-state index in [1.165, 1.54) is 24.8 Å². The predicted molar refractivity (Wildman–Crippen MR) is 123 cm³/mol. The van der Waals surface area contributed by atoms with Gasteiger partial charge in [-0.2, -0.15) is 0 Å². The van der Waals surface area contributed by atoms with Crippen molar-refractivity contribution < 1.29 is 4.79 Å². The molecule has 0 heterocycles. The van der Waals surface area contributed by atoms with Crippen LogP contribution in [-0.4, -0.2) is 11.9 Å². The third-order valence-electron chi connectivity index (χ3n) is 5.91. The first-order valence-corrected chi connectivity index (χ1v) is 11.0. The van der Waals surface area contributed by atoms with Gasteiger partial charge in [-0.05, 0) is 36.1 Å². The molecule has 3 nitrogen and oxygen atoms in total. The van der Waals surface area contributed by atoms with Crippen molar-refractivity contribution in [2.45, 2.75) is 50.7 Å². The van der Waals surface area contributed by atoms with Gasteiger partial charge in [0.05, 0.1) is 0 Å². The SMILES string of the molecule is O=C(NC1CCCCC1)[C@H](c1ccccc1)N(Cc1ccccc1)c1ccccc1. The second-order valence-corrected chi connectivity index (χ2v) is 8.11. The molecule has 0 radical (unpaired) electrons. The quantitative estimate of drug-likeness (QED) is 0.539. The minimum atomic E-state index is -0.379. The molecule has 154 valence electrons. The Hall–Kier alpha value is -3.07. The molecule has 1 atom stereocenters. The summed E-state index contributed by atoms with van der Waals surface area (Å²) in [7, 11) is 0.